The van der Waals surface area contributed by atoms with Crippen LogP contribution in [0.5, 0.6) is 0 Å². The van der Waals surface area contributed by atoms with Crippen LogP contribution >= 0.6 is 0 Å². The van der Waals surface area contributed by atoms with E-state index in [0.717, 1.165) is 38.2 Å². The maximum atomic E-state index is 9.88. The van der Waals surface area contributed by atoms with Crippen molar-refractivity contribution >= 4 is 0 Å². The van der Waals surface area contributed by atoms with Crippen LogP contribution in [0.15, 0.2) is 66.9 Å². The van der Waals surface area contributed by atoms with Gasteiger partial charge in [0.05, 0.1) is 12.1 Å². The second kappa shape index (κ2) is 8.70. The lowest BCUT2D eigenvalue weighted by Crippen LogP contribution is -2.54. The van der Waals surface area contributed by atoms with Gasteiger partial charge in [0.25, 0.3) is 0 Å². The number of nitrogens with one attached hydrogen (secondary N) is 1. The summed E-state index contributed by atoms with van der Waals surface area (Å²) in [6.45, 7) is 9.11. The number of hydrogen-bond acceptors (Lipinski definition) is 3. The van der Waals surface area contributed by atoms with Crippen molar-refractivity contribution in [2.75, 3.05) is 19.7 Å². The minimum Gasteiger partial charge on any atom is -0.394 e. The molecule has 23 heavy (non-hydrogen) atoms. The molecule has 2 rings (SSSR count). The predicted molar refractivity (Wildman–Crippen MR) is 97.0 cm³/mol. The second-order valence-electron chi connectivity index (χ2n) is 6.24. The highest BCUT2D eigenvalue weighted by Crippen LogP contribution is 2.24. The van der Waals surface area contributed by atoms with Crippen LogP contribution in [0.25, 0.3) is 0 Å². The minimum absolute atomic E-state index is 0.142. The van der Waals surface area contributed by atoms with Crippen molar-refractivity contribution in [1.29, 1.82) is 0 Å². The summed E-state index contributed by atoms with van der Waals surface area (Å²) >= 11 is 0. The minimum atomic E-state index is -0.245. The fraction of sp³-hybridized carbons (Fsp3) is 0.400. The Morgan fingerprint density at radius 1 is 1.26 bits per heavy atom. The highest BCUT2D eigenvalue weighted by atomic mass is 16.3. The van der Waals surface area contributed by atoms with Crippen molar-refractivity contribution < 1.29 is 5.11 Å². The molecular weight excluding hydrogens is 284 g/mol. The first-order valence-electron chi connectivity index (χ1n) is 8.31. The van der Waals surface area contributed by atoms with Crippen molar-refractivity contribution in [2.45, 2.75) is 31.8 Å². The molecule has 2 N–H and O–H groups in total. The van der Waals surface area contributed by atoms with Gasteiger partial charge in [0.2, 0.25) is 0 Å². The number of benzene rings is 1. The summed E-state index contributed by atoms with van der Waals surface area (Å²) in [7, 11) is 0. The highest BCUT2D eigenvalue weighted by molar-refractivity contribution is 5.20. The van der Waals surface area contributed by atoms with Crippen LogP contribution in [-0.2, 0) is 6.54 Å². The molecule has 0 aliphatic carbocycles. The molecule has 1 aliphatic heterocycles. The average Bonchev–Trinajstić information content (AvgIpc) is 2.58. The zero-order chi connectivity index (χ0) is 16.5. The molecule has 0 bridgehead atoms. The van der Waals surface area contributed by atoms with Gasteiger partial charge in [-0.1, -0.05) is 55.1 Å². The lowest BCUT2D eigenvalue weighted by Gasteiger charge is -2.42. The van der Waals surface area contributed by atoms with Crippen LogP contribution in [0.1, 0.15) is 25.3 Å². The number of rotatable bonds is 7. The molecule has 124 valence electrons. The van der Waals surface area contributed by atoms with Crippen molar-refractivity contribution in [2.24, 2.45) is 0 Å². The Balaban J connectivity index is 1.87. The normalized spacial score (nSPS) is 18.5. The zero-order valence-corrected chi connectivity index (χ0v) is 14.0. The number of nitrogens with zero attached hydrogens (tertiary/aromatic N) is 1. The Labute approximate surface area is 140 Å². The van der Waals surface area contributed by atoms with Crippen molar-refractivity contribution in [3.63, 3.8) is 0 Å². The van der Waals surface area contributed by atoms with Gasteiger partial charge in [0.1, 0.15) is 0 Å². The maximum Gasteiger partial charge on any atom is 0.0662 e. The van der Waals surface area contributed by atoms with Gasteiger partial charge in [-0.3, -0.25) is 4.90 Å². The van der Waals surface area contributed by atoms with E-state index in [1.165, 1.54) is 5.56 Å². The molecule has 0 unspecified atom stereocenters. The van der Waals surface area contributed by atoms with Crippen LogP contribution < -0.4 is 5.32 Å². The fourth-order valence-corrected chi connectivity index (χ4v) is 2.97. The van der Waals surface area contributed by atoms with Crippen LogP contribution in [0.3, 0.4) is 0 Å². The standard InChI is InChI=1S/C20H28N2O/c1-3-4-6-9-18(2)21-20(17-23)12-14-22(15-13-20)16-19-10-7-5-8-11-19/h3-11,21,23H,2,12-17H2,1H3/b4-3-,9-6-. The molecule has 0 spiro atoms. The van der Waals surface area contributed by atoms with E-state index in [9.17, 15) is 5.11 Å². The van der Waals surface area contributed by atoms with Gasteiger partial charge < -0.3 is 10.4 Å². The third kappa shape index (κ3) is 5.38. The van der Waals surface area contributed by atoms with Gasteiger partial charge in [-0.15, -0.1) is 0 Å². The summed E-state index contributed by atoms with van der Waals surface area (Å²) < 4.78 is 0. The Morgan fingerprint density at radius 2 is 1.96 bits per heavy atom. The molecule has 0 aromatic heterocycles. The number of piperidine rings is 1. The SMILES string of the molecule is C=C(/C=C\C=C/C)NC1(CO)CCN(Cc2ccccc2)CC1. The molecule has 1 aromatic rings. The van der Waals surface area contributed by atoms with Crippen molar-refractivity contribution in [1.82, 2.24) is 10.2 Å². The Kier molecular flexibility index (Phi) is 6.63. The van der Waals surface area contributed by atoms with E-state index in [0.29, 0.717) is 0 Å². The Morgan fingerprint density at radius 3 is 2.57 bits per heavy atom. The van der Waals surface area contributed by atoms with Gasteiger partial charge in [0.15, 0.2) is 0 Å². The van der Waals surface area contributed by atoms with Crippen molar-refractivity contribution in [3.05, 3.63) is 72.5 Å². The summed E-state index contributed by atoms with van der Waals surface area (Å²) in [5.74, 6) is 0. The van der Waals surface area contributed by atoms with E-state index in [-0.39, 0.29) is 12.1 Å². The van der Waals surface area contributed by atoms with Crippen molar-refractivity contribution in [3.8, 4) is 0 Å². The number of aliphatic hydroxyl groups excluding tert-OH is 1. The first-order valence-corrected chi connectivity index (χ1v) is 8.31. The topological polar surface area (TPSA) is 35.5 Å². The van der Waals surface area contributed by atoms with Gasteiger partial charge in [-0.25, -0.2) is 0 Å². The predicted octanol–water partition coefficient (Wildman–Crippen LogP) is 3.25. The fourth-order valence-electron chi connectivity index (χ4n) is 2.97. The largest absolute Gasteiger partial charge is 0.394 e. The average molecular weight is 312 g/mol. The molecule has 3 heteroatoms. The third-order valence-electron chi connectivity index (χ3n) is 4.39. The summed E-state index contributed by atoms with van der Waals surface area (Å²) in [6.07, 6.45) is 9.72. The van der Waals surface area contributed by atoms with E-state index in [1.54, 1.807) is 0 Å². The number of likely N-dealkylation sites (tertiary alicyclic amines) is 1. The number of hydrogen-bond donors (Lipinski definition) is 2. The summed E-state index contributed by atoms with van der Waals surface area (Å²) in [4.78, 5) is 2.45. The molecule has 0 saturated carbocycles. The zero-order valence-electron chi connectivity index (χ0n) is 14.0. The van der Waals surface area contributed by atoms with Crippen LogP contribution in [0, 0.1) is 0 Å². The lowest BCUT2D eigenvalue weighted by atomic mass is 9.87. The molecule has 0 atom stereocenters. The second-order valence-corrected chi connectivity index (χ2v) is 6.24. The highest BCUT2D eigenvalue weighted by Gasteiger charge is 2.33. The van der Waals surface area contributed by atoms with E-state index in [2.05, 4.69) is 41.1 Å². The molecular formula is C20H28N2O. The Bertz CT molecular complexity index is 540. The van der Waals surface area contributed by atoms with Gasteiger partial charge >= 0.3 is 0 Å². The quantitative estimate of drug-likeness (QED) is 0.759. The third-order valence-corrected chi connectivity index (χ3v) is 4.39. The first-order chi connectivity index (χ1) is 11.2. The molecule has 1 aliphatic rings. The number of aliphatic hydroxyl groups is 1. The summed E-state index contributed by atoms with van der Waals surface area (Å²) in [5, 5.41) is 13.3. The van der Waals surface area contributed by atoms with Gasteiger partial charge in [-0.2, -0.15) is 0 Å². The molecule has 1 saturated heterocycles. The molecule has 3 nitrogen and oxygen atoms in total. The monoisotopic (exact) mass is 312 g/mol. The molecule has 1 fully saturated rings. The molecule has 1 aromatic carbocycles. The lowest BCUT2D eigenvalue weighted by molar-refractivity contribution is 0.0834. The smallest absolute Gasteiger partial charge is 0.0662 e. The molecule has 1 heterocycles. The van der Waals surface area contributed by atoms with E-state index < -0.39 is 0 Å². The summed E-state index contributed by atoms with van der Waals surface area (Å²) in [5.41, 5.74) is 1.95. The number of allylic oxidation sites excluding steroid dienone is 4. The maximum absolute atomic E-state index is 9.88. The van der Waals surface area contributed by atoms with Crippen LogP contribution in [0.2, 0.25) is 0 Å². The van der Waals surface area contributed by atoms with E-state index in [1.807, 2.05) is 37.3 Å². The van der Waals surface area contributed by atoms with Crippen LogP contribution in [0.4, 0.5) is 0 Å². The molecule has 0 amide bonds. The first kappa shape index (κ1) is 17.5. The van der Waals surface area contributed by atoms with E-state index >= 15 is 0 Å². The Hall–Kier alpha value is -1.84. The molecule has 0 radical (unpaired) electrons. The van der Waals surface area contributed by atoms with Gasteiger partial charge in [-0.05, 0) is 31.4 Å². The van der Waals surface area contributed by atoms with Crippen LogP contribution in [-0.4, -0.2) is 35.2 Å². The summed E-state index contributed by atoms with van der Waals surface area (Å²) in [6, 6.07) is 10.5. The van der Waals surface area contributed by atoms with Gasteiger partial charge in [0, 0.05) is 25.3 Å². The van der Waals surface area contributed by atoms with E-state index in [4.69, 9.17) is 0 Å².